The third-order valence-electron chi connectivity index (χ3n) is 9.62. The number of halogens is 2. The lowest BCUT2D eigenvalue weighted by atomic mass is 9.81. The van der Waals surface area contributed by atoms with Gasteiger partial charge in [-0.15, -0.1) is 0 Å². The highest BCUT2D eigenvalue weighted by Gasteiger charge is 2.67. The highest BCUT2D eigenvalue weighted by Crippen LogP contribution is 2.61. The lowest BCUT2D eigenvalue weighted by molar-refractivity contribution is -0.165. The second kappa shape index (κ2) is 13.8. The van der Waals surface area contributed by atoms with Crippen LogP contribution in [0, 0.1) is 17.8 Å². The van der Waals surface area contributed by atoms with Crippen molar-refractivity contribution in [1.29, 1.82) is 0 Å². The van der Waals surface area contributed by atoms with E-state index in [2.05, 4.69) is 91.0 Å². The minimum absolute atomic E-state index is 0.0146. The van der Waals surface area contributed by atoms with Gasteiger partial charge in [0.1, 0.15) is 15.9 Å². The zero-order valence-corrected chi connectivity index (χ0v) is 28.2. The van der Waals surface area contributed by atoms with Crippen molar-refractivity contribution < 1.29 is 31.2 Å². The molecule has 2 bridgehead atoms. The van der Waals surface area contributed by atoms with Crippen LogP contribution in [0.4, 0.5) is 8.78 Å². The van der Waals surface area contributed by atoms with Crippen LogP contribution in [-0.2, 0) is 36.3 Å². The minimum atomic E-state index is -5.04. The smallest absolute Gasteiger partial charge is 0.263 e. The summed E-state index contributed by atoms with van der Waals surface area (Å²) in [4.78, 5) is 4.08. The molecule has 5 atom stereocenters. The fraction of sp³-hybridized carbons (Fsp3) is 0.250. The van der Waals surface area contributed by atoms with E-state index in [0.29, 0.717) is 6.42 Å². The second-order valence-corrected chi connectivity index (χ2v) is 16.2. The average Bonchev–Trinajstić information content (AvgIpc) is 3.83. The fourth-order valence-electron chi connectivity index (χ4n) is 7.64. The molecule has 0 N–H and O–H groups in total. The first-order valence-corrected chi connectivity index (χ1v) is 19.1. The molecule has 49 heavy (non-hydrogen) atoms. The number of hydrogen-bond donors (Lipinski definition) is 0. The van der Waals surface area contributed by atoms with E-state index in [4.69, 9.17) is 9.47 Å². The largest absolute Gasteiger partial charge is 0.748 e. The molecule has 0 amide bonds. The van der Waals surface area contributed by atoms with Crippen LogP contribution in [0.2, 0.25) is 0 Å². The Bertz CT molecular complexity index is 1800. The summed E-state index contributed by atoms with van der Waals surface area (Å²) in [5.74, 6) is -8.40. The Morgan fingerprint density at radius 3 is 1.43 bits per heavy atom. The molecule has 3 aliphatic rings. The van der Waals surface area contributed by atoms with Gasteiger partial charge in [0, 0.05) is 17.0 Å². The van der Waals surface area contributed by atoms with Crippen molar-refractivity contribution in [2.45, 2.75) is 51.4 Å². The molecule has 5 aromatic carbocycles. The predicted octanol–water partition coefficient (Wildman–Crippen LogP) is 8.29. The first kappa shape index (κ1) is 33.6. The van der Waals surface area contributed by atoms with Crippen molar-refractivity contribution in [2.24, 2.45) is 17.8 Å². The third-order valence-corrected chi connectivity index (χ3v) is 12.6. The summed E-state index contributed by atoms with van der Waals surface area (Å²) in [5, 5.41) is 0. The third kappa shape index (κ3) is 6.96. The Balaban J connectivity index is 0.000000171. The first-order chi connectivity index (χ1) is 23.6. The average molecular weight is 699 g/mol. The van der Waals surface area contributed by atoms with Crippen LogP contribution in [0.25, 0.3) is 0 Å². The van der Waals surface area contributed by atoms with Gasteiger partial charge < -0.3 is 14.0 Å². The Kier molecular flexibility index (Phi) is 9.47. The molecule has 5 nitrogen and oxygen atoms in total. The van der Waals surface area contributed by atoms with E-state index in [1.165, 1.54) is 14.7 Å². The van der Waals surface area contributed by atoms with Crippen molar-refractivity contribution >= 4 is 21.0 Å². The highest BCUT2D eigenvalue weighted by atomic mass is 32.2. The van der Waals surface area contributed by atoms with E-state index in [9.17, 15) is 21.8 Å². The summed E-state index contributed by atoms with van der Waals surface area (Å²) in [6, 6.07) is 50.9. The summed E-state index contributed by atoms with van der Waals surface area (Å²) in [6.07, 6.45) is -0.341. The maximum atomic E-state index is 14.7. The molecule has 0 spiro atoms. The molecule has 5 unspecified atom stereocenters. The fourth-order valence-corrected chi connectivity index (χ4v) is 10.4. The van der Waals surface area contributed by atoms with Crippen LogP contribution >= 0.6 is 0 Å². The van der Waals surface area contributed by atoms with E-state index in [0.717, 1.165) is 11.1 Å². The summed E-state index contributed by atoms with van der Waals surface area (Å²) < 4.78 is 75.4. The van der Waals surface area contributed by atoms with Crippen LogP contribution < -0.4 is 0 Å². The standard InChI is InChI=1S/C22H22F2O5S.C18H15S/c23-21(24,13-30(25,26)27)18-12-14-11-17(18)20-19(14)28-22(29-20,15-7-3-1-4-8-15)16-9-5-2-6-10-16;1-4-10-16(11-5-1)19(17-12-6-2-7-13-17)18-14-8-3-9-15-18/h1-10,14,17-20H,11-13H2,(H,25,26,27);1-15H/q;+1/p-1. The zero-order valence-electron chi connectivity index (χ0n) is 26.6. The van der Waals surface area contributed by atoms with Gasteiger partial charge in [-0.1, -0.05) is 115 Å². The molecule has 0 aromatic heterocycles. The molecule has 2 saturated carbocycles. The van der Waals surface area contributed by atoms with Crippen LogP contribution in [0.15, 0.2) is 166 Å². The molecular weight excluding hydrogens is 663 g/mol. The molecule has 3 fully saturated rings. The highest BCUT2D eigenvalue weighted by molar-refractivity contribution is 7.97. The molecule has 1 aliphatic heterocycles. The monoisotopic (exact) mass is 698 g/mol. The van der Waals surface area contributed by atoms with E-state index in [-0.39, 0.29) is 29.3 Å². The molecule has 9 heteroatoms. The van der Waals surface area contributed by atoms with Crippen molar-refractivity contribution in [3.8, 4) is 0 Å². The lowest BCUT2D eigenvalue weighted by Crippen LogP contribution is -2.45. The van der Waals surface area contributed by atoms with Crippen LogP contribution in [0.5, 0.6) is 0 Å². The first-order valence-electron chi connectivity index (χ1n) is 16.3. The normalized spacial score (nSPS) is 23.9. The van der Waals surface area contributed by atoms with Crippen molar-refractivity contribution in [3.63, 3.8) is 0 Å². The van der Waals surface area contributed by atoms with Gasteiger partial charge in [-0.05, 0) is 61.1 Å². The summed E-state index contributed by atoms with van der Waals surface area (Å²) in [6.45, 7) is 0. The van der Waals surface area contributed by atoms with Crippen LogP contribution in [-0.4, -0.2) is 36.9 Å². The SMILES string of the molecule is O=S(=O)([O-])CC(F)(F)C1CC2CC1C1OC(c3ccccc3)(c3ccccc3)OC21.c1ccc([S+](c2ccccc2)c2ccccc2)cc1. The predicted molar refractivity (Wildman–Crippen MR) is 184 cm³/mol. The lowest BCUT2D eigenvalue weighted by Gasteiger charge is -2.35. The number of ether oxygens (including phenoxy) is 2. The van der Waals surface area contributed by atoms with Crippen molar-refractivity contribution in [2.75, 3.05) is 5.75 Å². The Hall–Kier alpha value is -3.86. The maximum Gasteiger partial charge on any atom is 0.263 e. The number of alkyl halides is 2. The van der Waals surface area contributed by atoms with E-state index in [1.54, 1.807) is 0 Å². The number of benzene rings is 5. The number of rotatable bonds is 8. The molecule has 8 rings (SSSR count). The van der Waals surface area contributed by atoms with Crippen LogP contribution in [0.1, 0.15) is 24.0 Å². The molecule has 0 radical (unpaired) electrons. The van der Waals surface area contributed by atoms with Gasteiger partial charge >= 0.3 is 0 Å². The summed E-state index contributed by atoms with van der Waals surface area (Å²) in [5.41, 5.74) is 1.55. The van der Waals surface area contributed by atoms with Gasteiger partial charge in [-0.25, -0.2) is 17.2 Å². The molecule has 1 saturated heterocycles. The second-order valence-electron chi connectivity index (χ2n) is 12.7. The maximum absolute atomic E-state index is 14.7. The van der Waals surface area contributed by atoms with E-state index >= 15 is 0 Å². The molecule has 5 aromatic rings. The van der Waals surface area contributed by atoms with Gasteiger partial charge in [-0.3, -0.25) is 0 Å². The topological polar surface area (TPSA) is 75.7 Å². The zero-order chi connectivity index (χ0) is 34.1. The summed E-state index contributed by atoms with van der Waals surface area (Å²) >= 11 is 0. The van der Waals surface area contributed by atoms with Crippen molar-refractivity contribution in [1.82, 2.24) is 0 Å². The van der Waals surface area contributed by atoms with Gasteiger partial charge in [0.2, 0.25) is 5.79 Å². The van der Waals surface area contributed by atoms with Crippen molar-refractivity contribution in [3.05, 3.63) is 163 Å². The Morgan fingerprint density at radius 1 is 0.633 bits per heavy atom. The molecular formula is C40H36F2O5S2. The Morgan fingerprint density at radius 2 is 1.02 bits per heavy atom. The molecule has 252 valence electrons. The van der Waals surface area contributed by atoms with Gasteiger partial charge in [0.25, 0.3) is 5.92 Å². The van der Waals surface area contributed by atoms with E-state index < -0.39 is 45.5 Å². The van der Waals surface area contributed by atoms with Crippen LogP contribution in [0.3, 0.4) is 0 Å². The van der Waals surface area contributed by atoms with Gasteiger partial charge in [-0.2, -0.15) is 0 Å². The number of fused-ring (bicyclic) bond motifs is 5. The van der Waals surface area contributed by atoms with Gasteiger partial charge in [0.05, 0.1) is 23.1 Å². The van der Waals surface area contributed by atoms with Gasteiger partial charge in [0.15, 0.2) is 14.7 Å². The number of hydrogen-bond acceptors (Lipinski definition) is 5. The quantitative estimate of drug-likeness (QED) is 0.120. The minimum Gasteiger partial charge on any atom is -0.748 e. The molecule has 2 aliphatic carbocycles. The molecule has 1 heterocycles. The summed E-state index contributed by atoms with van der Waals surface area (Å²) in [7, 11) is -5.05. The van der Waals surface area contributed by atoms with E-state index in [1.807, 2.05) is 60.7 Å². The Labute approximate surface area is 289 Å².